The molecule has 0 aromatic carbocycles. The third-order valence-electron chi connectivity index (χ3n) is 7.62. The molecule has 1 atom stereocenters. The number of rotatable bonds is 6. The van der Waals surface area contributed by atoms with E-state index >= 15 is 0 Å². The minimum Gasteiger partial charge on any atom is -0.493 e. The van der Waals surface area contributed by atoms with Crippen LogP contribution in [0.2, 0.25) is 0 Å². The lowest BCUT2D eigenvalue weighted by Gasteiger charge is -2.40. The summed E-state index contributed by atoms with van der Waals surface area (Å²) in [4.78, 5) is 12.1. The number of methoxy groups -OCH3 is 1. The molecule has 10 nitrogen and oxygen atoms in total. The van der Waals surface area contributed by atoms with Gasteiger partial charge in [-0.1, -0.05) is 0 Å². The van der Waals surface area contributed by atoms with E-state index in [2.05, 4.69) is 35.5 Å². The highest BCUT2D eigenvalue weighted by Crippen LogP contribution is 2.42. The Labute approximate surface area is 226 Å². The van der Waals surface area contributed by atoms with Crippen molar-refractivity contribution in [1.82, 2.24) is 40.0 Å². The summed E-state index contributed by atoms with van der Waals surface area (Å²) in [7, 11) is 1.47. The summed E-state index contributed by atoms with van der Waals surface area (Å²) in [5, 5.41) is 24.7. The third-order valence-corrected chi connectivity index (χ3v) is 8.79. The Morgan fingerprint density at radius 1 is 1.21 bits per heavy atom. The van der Waals surface area contributed by atoms with Crippen molar-refractivity contribution in [2.75, 3.05) is 26.7 Å². The number of aromatic nitrogens is 6. The first-order valence-electron chi connectivity index (χ1n) is 12.9. The van der Waals surface area contributed by atoms with Crippen molar-refractivity contribution in [2.24, 2.45) is 0 Å². The van der Waals surface area contributed by atoms with Crippen LogP contribution in [0.5, 0.6) is 5.75 Å². The van der Waals surface area contributed by atoms with Crippen molar-refractivity contribution in [3.8, 4) is 27.7 Å². The first-order valence-corrected chi connectivity index (χ1v) is 13.7. The van der Waals surface area contributed by atoms with Crippen molar-refractivity contribution >= 4 is 17.0 Å². The number of halogens is 3. The van der Waals surface area contributed by atoms with Crippen LogP contribution < -0.4 is 10.1 Å². The molecule has 0 spiro atoms. The van der Waals surface area contributed by atoms with Crippen LogP contribution in [-0.4, -0.2) is 85.0 Å². The Balaban J connectivity index is 1.26. The lowest BCUT2D eigenvalue weighted by molar-refractivity contribution is -0.127. The molecule has 0 radical (unpaired) electrons. The van der Waals surface area contributed by atoms with E-state index < -0.39 is 18.8 Å². The Bertz CT molecular complexity index is 1440. The Kier molecular flexibility index (Phi) is 7.04. The molecule has 3 N–H and O–H groups in total. The number of aromatic amines is 1. The van der Waals surface area contributed by atoms with Gasteiger partial charge >= 0.3 is 6.18 Å². The van der Waals surface area contributed by atoms with E-state index in [1.54, 1.807) is 18.5 Å². The Hall–Kier alpha value is -3.07. The van der Waals surface area contributed by atoms with Gasteiger partial charge in [-0.3, -0.25) is 15.3 Å². The maximum atomic E-state index is 13.7. The van der Waals surface area contributed by atoms with Crippen molar-refractivity contribution in [3.05, 3.63) is 35.2 Å². The van der Waals surface area contributed by atoms with Gasteiger partial charge < -0.3 is 9.84 Å². The molecule has 4 aromatic rings. The number of nitrogens with one attached hydrogen (secondary N) is 2. The van der Waals surface area contributed by atoms with Crippen molar-refractivity contribution < 1.29 is 23.0 Å². The number of hydrogen-bond acceptors (Lipinski definition) is 9. The molecular formula is C25H29F3N8O2S. The molecule has 2 fully saturated rings. The fourth-order valence-electron chi connectivity index (χ4n) is 5.73. The van der Waals surface area contributed by atoms with Gasteiger partial charge in [0, 0.05) is 54.1 Å². The predicted molar refractivity (Wildman–Crippen MR) is 139 cm³/mol. The van der Waals surface area contributed by atoms with Gasteiger partial charge in [0.05, 0.1) is 19.2 Å². The highest BCUT2D eigenvalue weighted by molar-refractivity contribution is 7.15. The van der Waals surface area contributed by atoms with Crippen LogP contribution in [0.4, 0.5) is 13.2 Å². The molecule has 1 saturated carbocycles. The molecule has 39 heavy (non-hydrogen) atoms. The maximum Gasteiger partial charge on any atom is 0.393 e. The van der Waals surface area contributed by atoms with Crippen molar-refractivity contribution in [2.45, 2.75) is 56.5 Å². The number of aliphatic hydroxyl groups excluding tert-OH is 1. The van der Waals surface area contributed by atoms with Gasteiger partial charge in [0.2, 0.25) is 0 Å². The number of fused-ring (bicyclic) bond motifs is 1. The summed E-state index contributed by atoms with van der Waals surface area (Å²) in [5.74, 6) is 0.699. The van der Waals surface area contributed by atoms with E-state index in [1.807, 2.05) is 0 Å². The van der Waals surface area contributed by atoms with Gasteiger partial charge in [0.1, 0.15) is 23.3 Å². The van der Waals surface area contributed by atoms with Gasteiger partial charge in [-0.15, -0.1) is 11.3 Å². The van der Waals surface area contributed by atoms with Gasteiger partial charge in [-0.05, 0) is 37.7 Å². The molecular weight excluding hydrogens is 533 g/mol. The number of aliphatic hydroxyl groups is 1. The fourth-order valence-corrected chi connectivity index (χ4v) is 6.83. The standard InChI is InChI=1S/C25H29F3N8O2S/c1-38-18-8-15(11-36-23(18)31-13-32-36)21-17(9-25(26,27)28)22(34-33-21)24-30-10-19(39-24)14-2-4-16(5-3-14)35-7-6-29-20(37)12-35/h8,10-11,13-14,16,20,29,37H,2-7,9,12H2,1H3,(H,33,34). The summed E-state index contributed by atoms with van der Waals surface area (Å²) in [6.07, 6.45) is 2.66. The average molecular weight is 563 g/mol. The van der Waals surface area contributed by atoms with E-state index in [9.17, 15) is 18.3 Å². The van der Waals surface area contributed by atoms with E-state index in [4.69, 9.17) is 4.74 Å². The zero-order chi connectivity index (χ0) is 27.1. The number of ether oxygens (including phenoxy) is 1. The van der Waals surface area contributed by atoms with Gasteiger partial charge in [0.25, 0.3) is 0 Å². The smallest absolute Gasteiger partial charge is 0.393 e. The van der Waals surface area contributed by atoms with Crippen molar-refractivity contribution in [3.63, 3.8) is 0 Å². The topological polar surface area (TPSA) is 116 Å². The van der Waals surface area contributed by atoms with Crippen LogP contribution in [0.15, 0.2) is 24.8 Å². The van der Waals surface area contributed by atoms with Crippen LogP contribution in [0.25, 0.3) is 27.6 Å². The predicted octanol–water partition coefficient (Wildman–Crippen LogP) is 3.61. The third kappa shape index (κ3) is 5.38. The molecule has 6 rings (SSSR count). The second-order valence-corrected chi connectivity index (χ2v) is 11.1. The largest absolute Gasteiger partial charge is 0.493 e. The molecule has 208 valence electrons. The van der Waals surface area contributed by atoms with Crippen LogP contribution in [-0.2, 0) is 6.42 Å². The fraction of sp³-hybridized carbons (Fsp3) is 0.520. The summed E-state index contributed by atoms with van der Waals surface area (Å²) < 4.78 is 48.1. The number of hydrogen-bond donors (Lipinski definition) is 3. The number of pyridine rings is 1. The van der Waals surface area contributed by atoms with Crippen LogP contribution in [0, 0.1) is 0 Å². The maximum absolute atomic E-state index is 13.7. The number of β-amino-alcohol motifs (C(OH)–C–C–N with tert-alkyl or cyclic N) is 1. The molecule has 14 heteroatoms. The van der Waals surface area contributed by atoms with Gasteiger partial charge in [0.15, 0.2) is 11.4 Å². The second kappa shape index (κ2) is 10.5. The minimum absolute atomic E-state index is 0.0332. The van der Waals surface area contributed by atoms with E-state index in [0.29, 0.717) is 40.5 Å². The molecule has 1 aliphatic heterocycles. The number of thiazole rings is 1. The molecule has 0 amide bonds. The zero-order valence-electron chi connectivity index (χ0n) is 21.3. The number of nitrogens with zero attached hydrogens (tertiary/aromatic N) is 6. The van der Waals surface area contributed by atoms with Crippen LogP contribution in [0.3, 0.4) is 0 Å². The number of H-pyrrole nitrogens is 1. The van der Waals surface area contributed by atoms with Crippen molar-refractivity contribution in [1.29, 1.82) is 0 Å². The SMILES string of the molecule is COc1cc(-c2[nH]nc(-c3ncc(C4CCC(N5CCNC(O)C5)CC4)s3)c2CC(F)(F)F)cn2ncnc12. The molecule has 1 aliphatic carbocycles. The lowest BCUT2D eigenvalue weighted by Crippen LogP contribution is -2.54. The Morgan fingerprint density at radius 3 is 2.77 bits per heavy atom. The van der Waals surface area contributed by atoms with E-state index in [1.165, 1.54) is 29.3 Å². The summed E-state index contributed by atoms with van der Waals surface area (Å²) >= 11 is 1.41. The molecule has 5 heterocycles. The zero-order valence-corrected chi connectivity index (χ0v) is 22.1. The van der Waals surface area contributed by atoms with Gasteiger partial charge in [-0.2, -0.15) is 23.4 Å². The summed E-state index contributed by atoms with van der Waals surface area (Å²) in [6.45, 7) is 2.35. The molecule has 1 saturated heterocycles. The van der Waals surface area contributed by atoms with Crippen LogP contribution >= 0.6 is 11.3 Å². The molecule has 1 unspecified atom stereocenters. The second-order valence-electron chi connectivity index (χ2n) is 10.1. The number of piperazine rings is 1. The molecule has 4 aromatic heterocycles. The average Bonchev–Trinajstić information content (AvgIpc) is 3.67. The summed E-state index contributed by atoms with van der Waals surface area (Å²) in [6, 6.07) is 2.07. The highest BCUT2D eigenvalue weighted by Gasteiger charge is 2.34. The normalized spacial score (nSPS) is 22.9. The van der Waals surface area contributed by atoms with E-state index in [0.717, 1.165) is 43.6 Å². The van der Waals surface area contributed by atoms with Crippen LogP contribution in [0.1, 0.15) is 42.0 Å². The molecule has 2 aliphatic rings. The Morgan fingerprint density at radius 2 is 2.03 bits per heavy atom. The first kappa shape index (κ1) is 26.2. The highest BCUT2D eigenvalue weighted by atomic mass is 32.1. The first-order chi connectivity index (χ1) is 18.8. The number of alkyl halides is 3. The lowest BCUT2D eigenvalue weighted by atomic mass is 9.84. The minimum atomic E-state index is -4.44. The summed E-state index contributed by atoms with van der Waals surface area (Å²) in [5.41, 5.74) is 1.40. The monoisotopic (exact) mass is 562 g/mol. The molecule has 0 bridgehead atoms. The van der Waals surface area contributed by atoms with Gasteiger partial charge in [-0.25, -0.2) is 14.5 Å². The van der Waals surface area contributed by atoms with E-state index in [-0.39, 0.29) is 17.0 Å². The quantitative estimate of drug-likeness (QED) is 0.327.